The predicted octanol–water partition coefficient (Wildman–Crippen LogP) is 2.82. The molecule has 1 aromatic carbocycles. The third-order valence-electron chi connectivity index (χ3n) is 4.29. The fourth-order valence-electron chi connectivity index (χ4n) is 3.10. The molecular weight excluding hydrogens is 308 g/mol. The zero-order valence-electron chi connectivity index (χ0n) is 13.7. The Morgan fingerprint density at radius 2 is 1.96 bits per heavy atom. The Hall–Kier alpha value is -2.63. The van der Waals surface area contributed by atoms with Crippen molar-refractivity contribution in [3.8, 4) is 11.5 Å². The van der Waals surface area contributed by atoms with Crippen LogP contribution in [0.5, 0.6) is 11.5 Å². The van der Waals surface area contributed by atoms with Gasteiger partial charge in [0.25, 0.3) is 0 Å². The highest BCUT2D eigenvalue weighted by molar-refractivity contribution is 5.82. The topological polar surface area (TPSA) is 74.0 Å². The number of hydrogen-bond acceptors (Lipinski definition) is 5. The van der Waals surface area contributed by atoms with Gasteiger partial charge in [-0.3, -0.25) is 4.79 Å². The van der Waals surface area contributed by atoms with Gasteiger partial charge in [0.05, 0.1) is 13.2 Å². The minimum atomic E-state index is -0.641. The van der Waals surface area contributed by atoms with Crippen LogP contribution in [0.1, 0.15) is 37.3 Å². The van der Waals surface area contributed by atoms with E-state index in [1.54, 1.807) is 24.4 Å². The third kappa shape index (κ3) is 3.48. The van der Waals surface area contributed by atoms with Crippen LogP contribution in [0.15, 0.2) is 43.1 Å². The molecule has 24 heavy (non-hydrogen) atoms. The van der Waals surface area contributed by atoms with E-state index in [0.29, 0.717) is 11.5 Å². The van der Waals surface area contributed by atoms with Crippen LogP contribution in [0.3, 0.4) is 0 Å². The summed E-state index contributed by atoms with van der Waals surface area (Å²) in [7, 11) is 1.61. The van der Waals surface area contributed by atoms with Gasteiger partial charge in [-0.25, -0.2) is 0 Å². The van der Waals surface area contributed by atoms with Gasteiger partial charge in [-0.05, 0) is 43.4 Å². The minimum Gasteiger partial charge on any atom is -0.493 e. The summed E-state index contributed by atoms with van der Waals surface area (Å²) in [5.74, 6) is 0.847. The Labute approximate surface area is 141 Å². The first-order chi connectivity index (χ1) is 11.7. The number of amides is 1. The van der Waals surface area contributed by atoms with Gasteiger partial charge in [-0.15, -0.1) is 0 Å². The highest BCUT2D eigenvalue weighted by atomic mass is 16.5. The van der Waals surface area contributed by atoms with Crippen LogP contribution in [0.2, 0.25) is 0 Å². The van der Waals surface area contributed by atoms with Gasteiger partial charge in [0.15, 0.2) is 11.5 Å². The van der Waals surface area contributed by atoms with Crippen molar-refractivity contribution in [2.75, 3.05) is 7.11 Å². The van der Waals surface area contributed by atoms with Crippen LogP contribution < -0.4 is 15.2 Å². The van der Waals surface area contributed by atoms with E-state index in [9.17, 15) is 4.79 Å². The number of primary amides is 1. The Balaban J connectivity index is 1.90. The summed E-state index contributed by atoms with van der Waals surface area (Å²) in [6, 6.07) is 4.83. The molecule has 0 bridgehead atoms. The number of hydrogen-bond donors (Lipinski definition) is 1. The Morgan fingerprint density at radius 1 is 1.25 bits per heavy atom. The van der Waals surface area contributed by atoms with Gasteiger partial charge in [-0.2, -0.15) is 0 Å². The van der Waals surface area contributed by atoms with Crippen LogP contribution in [0.4, 0.5) is 0 Å². The average Bonchev–Trinajstić information content (AvgIpc) is 3.09. The van der Waals surface area contributed by atoms with E-state index in [1.807, 2.05) is 18.2 Å². The first-order valence-electron chi connectivity index (χ1n) is 8.09. The molecule has 6 nitrogen and oxygen atoms in total. The maximum atomic E-state index is 12.0. The van der Waals surface area contributed by atoms with E-state index in [4.69, 9.17) is 19.9 Å². The summed E-state index contributed by atoms with van der Waals surface area (Å²) < 4.78 is 16.5. The summed E-state index contributed by atoms with van der Waals surface area (Å²) in [6.45, 7) is 0. The molecule has 1 atom stereocenters. The molecule has 1 aromatic rings. The van der Waals surface area contributed by atoms with E-state index >= 15 is 0 Å². The van der Waals surface area contributed by atoms with Crippen molar-refractivity contribution in [1.29, 1.82) is 0 Å². The molecular formula is C18H22N2O4. The van der Waals surface area contributed by atoms with Gasteiger partial charge in [0, 0.05) is 12.4 Å². The smallest absolute Gasteiger partial charge is 0.245 e. The van der Waals surface area contributed by atoms with Crippen LogP contribution in [-0.4, -0.2) is 24.0 Å². The Kier molecular flexibility index (Phi) is 4.93. The minimum absolute atomic E-state index is 0.198. The van der Waals surface area contributed by atoms with E-state index in [0.717, 1.165) is 18.4 Å². The number of methoxy groups -OCH3 is 1. The predicted molar refractivity (Wildman–Crippen MR) is 89.0 cm³/mol. The third-order valence-corrected chi connectivity index (χ3v) is 4.29. The zero-order valence-corrected chi connectivity index (χ0v) is 13.7. The largest absolute Gasteiger partial charge is 0.493 e. The lowest BCUT2D eigenvalue weighted by atomic mass is 10.0. The number of carbonyl (C=O) groups excluding carboxylic acids is 1. The molecule has 1 heterocycles. The van der Waals surface area contributed by atoms with Crippen molar-refractivity contribution in [3.63, 3.8) is 0 Å². The van der Waals surface area contributed by atoms with Crippen LogP contribution in [-0.2, 0) is 9.53 Å². The van der Waals surface area contributed by atoms with Crippen molar-refractivity contribution in [2.45, 2.75) is 37.8 Å². The lowest BCUT2D eigenvalue weighted by Crippen LogP contribution is -2.32. The van der Waals surface area contributed by atoms with Crippen molar-refractivity contribution in [1.82, 2.24) is 4.90 Å². The van der Waals surface area contributed by atoms with Crippen molar-refractivity contribution in [2.24, 2.45) is 5.73 Å². The molecule has 1 aliphatic heterocycles. The molecule has 6 heteroatoms. The molecule has 0 radical (unpaired) electrons. The molecule has 2 aliphatic rings. The molecule has 0 saturated heterocycles. The van der Waals surface area contributed by atoms with Crippen LogP contribution >= 0.6 is 0 Å². The molecule has 1 amide bonds. The van der Waals surface area contributed by atoms with E-state index in [2.05, 4.69) is 0 Å². The number of carbonyl (C=O) groups is 1. The SMILES string of the molecule is COc1ccc(C(C(N)=O)N2C=COC=C2)cc1OC1CCCC1. The van der Waals surface area contributed by atoms with Gasteiger partial charge in [0.1, 0.15) is 18.6 Å². The van der Waals surface area contributed by atoms with E-state index in [-0.39, 0.29) is 6.10 Å². The molecule has 0 spiro atoms. The standard InChI is InChI=1S/C18H22N2O4/c1-22-15-7-6-13(12-16(15)24-14-4-2-3-5-14)17(18(19)21)20-8-10-23-11-9-20/h6-12,14,17H,2-5H2,1H3,(H2,19,21). The molecule has 1 fully saturated rings. The molecule has 1 saturated carbocycles. The summed E-state index contributed by atoms with van der Waals surface area (Å²) in [4.78, 5) is 13.7. The van der Waals surface area contributed by atoms with Crippen LogP contribution in [0, 0.1) is 0 Å². The van der Waals surface area contributed by atoms with Crippen molar-refractivity contribution in [3.05, 3.63) is 48.7 Å². The summed E-state index contributed by atoms with van der Waals surface area (Å²) in [6.07, 6.45) is 11.0. The van der Waals surface area contributed by atoms with Crippen molar-refractivity contribution >= 4 is 5.91 Å². The zero-order chi connectivity index (χ0) is 16.9. The highest BCUT2D eigenvalue weighted by Gasteiger charge is 2.26. The number of rotatable bonds is 6. The maximum absolute atomic E-state index is 12.0. The summed E-state index contributed by atoms with van der Waals surface area (Å²) in [5, 5.41) is 0. The fourth-order valence-corrected chi connectivity index (χ4v) is 3.10. The molecule has 0 aromatic heterocycles. The number of benzene rings is 1. The van der Waals surface area contributed by atoms with Gasteiger partial charge in [-0.1, -0.05) is 6.07 Å². The lowest BCUT2D eigenvalue weighted by molar-refractivity contribution is -0.121. The molecule has 128 valence electrons. The second-order valence-electron chi connectivity index (χ2n) is 5.89. The first-order valence-corrected chi connectivity index (χ1v) is 8.09. The maximum Gasteiger partial charge on any atom is 0.245 e. The van der Waals surface area contributed by atoms with Gasteiger partial charge < -0.3 is 24.8 Å². The average molecular weight is 330 g/mol. The van der Waals surface area contributed by atoms with Gasteiger partial charge in [0.2, 0.25) is 5.91 Å². The summed E-state index contributed by atoms with van der Waals surface area (Å²) in [5.41, 5.74) is 6.37. The second-order valence-corrected chi connectivity index (χ2v) is 5.89. The first kappa shape index (κ1) is 16.2. The molecule has 1 aliphatic carbocycles. The Morgan fingerprint density at radius 3 is 2.58 bits per heavy atom. The fraction of sp³-hybridized carbons (Fsp3) is 0.389. The van der Waals surface area contributed by atoms with Crippen molar-refractivity contribution < 1.29 is 19.0 Å². The molecule has 1 unspecified atom stereocenters. The summed E-state index contributed by atoms with van der Waals surface area (Å²) >= 11 is 0. The normalized spacial score (nSPS) is 18.3. The molecule has 3 rings (SSSR count). The van der Waals surface area contributed by atoms with Gasteiger partial charge >= 0.3 is 0 Å². The van der Waals surface area contributed by atoms with E-state index < -0.39 is 11.9 Å². The van der Waals surface area contributed by atoms with Crippen LogP contribution in [0.25, 0.3) is 0 Å². The monoisotopic (exact) mass is 330 g/mol. The Bertz CT molecular complexity index is 638. The quantitative estimate of drug-likeness (QED) is 0.868. The number of nitrogens with two attached hydrogens (primary N) is 1. The second kappa shape index (κ2) is 7.29. The number of nitrogens with zero attached hydrogens (tertiary/aromatic N) is 1. The highest BCUT2D eigenvalue weighted by Crippen LogP contribution is 2.35. The lowest BCUT2D eigenvalue weighted by Gasteiger charge is -2.27. The molecule has 2 N–H and O–H groups in total. The number of ether oxygens (including phenoxy) is 3. The van der Waals surface area contributed by atoms with E-state index in [1.165, 1.54) is 25.4 Å².